The summed E-state index contributed by atoms with van der Waals surface area (Å²) in [5, 5.41) is 22.4. The molecule has 0 fully saturated rings. The molecule has 6 heteroatoms. The molecule has 0 spiro atoms. The van der Waals surface area contributed by atoms with Gasteiger partial charge in [0.05, 0.1) is 18.8 Å². The number of aromatic amines is 1. The summed E-state index contributed by atoms with van der Waals surface area (Å²) in [7, 11) is 0. The monoisotopic (exact) mass is 290 g/mol. The van der Waals surface area contributed by atoms with Gasteiger partial charge >= 0.3 is 0 Å². The Hall–Kier alpha value is -2.18. The van der Waals surface area contributed by atoms with Crippen molar-refractivity contribution in [1.29, 1.82) is 0 Å². The number of aliphatic hydroxyl groups excluding tert-OH is 2. The molecular weight excluding hydrogens is 272 g/mol. The van der Waals surface area contributed by atoms with Crippen LogP contribution in [0.5, 0.6) is 0 Å². The lowest BCUT2D eigenvalue weighted by atomic mass is 9.98. The fraction of sp³-hybridized carbons (Fsp3) is 0.333. The first-order valence-electron chi connectivity index (χ1n) is 6.71. The lowest BCUT2D eigenvalue weighted by molar-refractivity contribution is 0.0649. The zero-order valence-electron chi connectivity index (χ0n) is 11.7. The van der Waals surface area contributed by atoms with E-state index in [9.17, 15) is 19.8 Å². The molecule has 4 N–H and O–H groups in total. The van der Waals surface area contributed by atoms with Gasteiger partial charge < -0.3 is 20.5 Å². The minimum absolute atomic E-state index is 0.0958. The molecule has 1 aromatic heterocycles. The summed E-state index contributed by atoms with van der Waals surface area (Å²) in [4.78, 5) is 26.7. The molecule has 0 atom stereocenters. The standard InChI is InChI=1S/C15H18N2O4/c1-2-15(8-18,9-19)17-14(21)12-7-10-5-3-4-6-11(10)13(20)16-12/h3-7,18-19H,2,8-9H2,1H3,(H,16,20)(H,17,21). The van der Waals surface area contributed by atoms with Gasteiger partial charge in [-0.25, -0.2) is 0 Å². The summed E-state index contributed by atoms with van der Waals surface area (Å²) in [5.74, 6) is -0.539. The Labute approximate surface area is 121 Å². The van der Waals surface area contributed by atoms with E-state index in [0.29, 0.717) is 17.2 Å². The maximum atomic E-state index is 12.2. The van der Waals surface area contributed by atoms with Crippen molar-refractivity contribution in [3.05, 3.63) is 46.4 Å². The SMILES string of the molecule is CCC(CO)(CO)NC(=O)c1cc2ccccc2c(=O)[nH]1. The first kappa shape index (κ1) is 15.2. The molecule has 0 aliphatic heterocycles. The van der Waals surface area contributed by atoms with E-state index >= 15 is 0 Å². The van der Waals surface area contributed by atoms with Crippen molar-refractivity contribution in [1.82, 2.24) is 10.3 Å². The van der Waals surface area contributed by atoms with Crippen LogP contribution in [0.3, 0.4) is 0 Å². The molecule has 0 unspecified atom stereocenters. The predicted octanol–water partition coefficient (Wildman–Crippen LogP) is 0.391. The van der Waals surface area contributed by atoms with Crippen molar-refractivity contribution in [2.45, 2.75) is 18.9 Å². The molecule has 21 heavy (non-hydrogen) atoms. The van der Waals surface area contributed by atoms with Gasteiger partial charge in [0.25, 0.3) is 11.5 Å². The van der Waals surface area contributed by atoms with Gasteiger partial charge in [-0.2, -0.15) is 0 Å². The van der Waals surface area contributed by atoms with Crippen LogP contribution in [-0.4, -0.2) is 39.9 Å². The zero-order chi connectivity index (χ0) is 15.5. The Morgan fingerprint density at radius 3 is 2.57 bits per heavy atom. The second-order valence-corrected chi connectivity index (χ2v) is 5.00. The number of fused-ring (bicyclic) bond motifs is 1. The van der Waals surface area contributed by atoms with E-state index in [2.05, 4.69) is 10.3 Å². The number of amides is 1. The molecule has 0 aliphatic carbocycles. The maximum absolute atomic E-state index is 12.2. The number of aromatic nitrogens is 1. The maximum Gasteiger partial charge on any atom is 0.268 e. The van der Waals surface area contributed by atoms with Crippen LogP contribution in [0.2, 0.25) is 0 Å². The minimum Gasteiger partial charge on any atom is -0.394 e. The van der Waals surface area contributed by atoms with E-state index in [4.69, 9.17) is 0 Å². The average Bonchev–Trinajstić information content (AvgIpc) is 2.52. The molecule has 1 heterocycles. The van der Waals surface area contributed by atoms with Crippen LogP contribution in [0, 0.1) is 0 Å². The van der Waals surface area contributed by atoms with Gasteiger partial charge in [0.15, 0.2) is 0 Å². The lowest BCUT2D eigenvalue weighted by Crippen LogP contribution is -2.54. The number of pyridine rings is 1. The molecule has 112 valence electrons. The van der Waals surface area contributed by atoms with Crippen LogP contribution in [-0.2, 0) is 0 Å². The van der Waals surface area contributed by atoms with Gasteiger partial charge in [0.1, 0.15) is 5.69 Å². The van der Waals surface area contributed by atoms with Crippen molar-refractivity contribution in [3.63, 3.8) is 0 Å². The average molecular weight is 290 g/mol. The first-order valence-corrected chi connectivity index (χ1v) is 6.71. The minimum atomic E-state index is -1.10. The van der Waals surface area contributed by atoms with E-state index in [-0.39, 0.29) is 24.5 Å². The molecule has 0 radical (unpaired) electrons. The summed E-state index contributed by atoms with van der Waals surface area (Å²) >= 11 is 0. The van der Waals surface area contributed by atoms with Crippen LogP contribution >= 0.6 is 0 Å². The highest BCUT2D eigenvalue weighted by Gasteiger charge is 2.29. The Balaban J connectivity index is 2.38. The number of carbonyl (C=O) groups is 1. The Morgan fingerprint density at radius 2 is 1.95 bits per heavy atom. The molecule has 0 bridgehead atoms. The molecule has 0 saturated heterocycles. The van der Waals surface area contributed by atoms with Gasteiger partial charge in [-0.3, -0.25) is 9.59 Å². The molecule has 6 nitrogen and oxygen atoms in total. The molecule has 1 amide bonds. The number of hydrogen-bond acceptors (Lipinski definition) is 4. The van der Waals surface area contributed by atoms with E-state index in [1.54, 1.807) is 37.3 Å². The Morgan fingerprint density at radius 1 is 1.29 bits per heavy atom. The first-order chi connectivity index (χ1) is 10.0. The van der Waals surface area contributed by atoms with E-state index in [1.165, 1.54) is 0 Å². The van der Waals surface area contributed by atoms with Gasteiger partial charge in [-0.15, -0.1) is 0 Å². The number of rotatable bonds is 5. The van der Waals surface area contributed by atoms with Crippen LogP contribution < -0.4 is 10.9 Å². The van der Waals surface area contributed by atoms with Gasteiger partial charge in [-0.1, -0.05) is 25.1 Å². The molecule has 1 aromatic carbocycles. The molecular formula is C15H18N2O4. The van der Waals surface area contributed by atoms with E-state index < -0.39 is 11.4 Å². The summed E-state index contributed by atoms with van der Waals surface area (Å²) in [6, 6.07) is 8.51. The van der Waals surface area contributed by atoms with Gasteiger partial charge in [-0.05, 0) is 23.9 Å². The Kier molecular flexibility index (Phi) is 4.40. The summed E-state index contributed by atoms with van der Waals surface area (Å²) in [6.45, 7) is 0.975. The van der Waals surface area contributed by atoms with Crippen LogP contribution in [0.4, 0.5) is 0 Å². The van der Waals surface area contributed by atoms with Gasteiger partial charge in [0, 0.05) is 5.39 Å². The molecule has 0 aliphatic rings. The summed E-state index contributed by atoms with van der Waals surface area (Å²) in [5.41, 5.74) is -1.36. The van der Waals surface area contributed by atoms with E-state index in [0.717, 1.165) is 0 Å². The third-order valence-corrected chi connectivity index (χ3v) is 3.66. The summed E-state index contributed by atoms with van der Waals surface area (Å²) < 4.78 is 0. The van der Waals surface area contributed by atoms with Crippen molar-refractivity contribution in [2.24, 2.45) is 0 Å². The predicted molar refractivity (Wildman–Crippen MR) is 79.2 cm³/mol. The topological polar surface area (TPSA) is 102 Å². The third-order valence-electron chi connectivity index (χ3n) is 3.66. The van der Waals surface area contributed by atoms with Crippen molar-refractivity contribution in [3.8, 4) is 0 Å². The van der Waals surface area contributed by atoms with Gasteiger partial charge in [0.2, 0.25) is 0 Å². The largest absolute Gasteiger partial charge is 0.394 e. The fourth-order valence-electron chi connectivity index (χ4n) is 2.08. The highest BCUT2D eigenvalue weighted by atomic mass is 16.3. The highest BCUT2D eigenvalue weighted by Crippen LogP contribution is 2.12. The number of benzene rings is 1. The quantitative estimate of drug-likeness (QED) is 0.639. The number of nitrogens with one attached hydrogen (secondary N) is 2. The zero-order valence-corrected chi connectivity index (χ0v) is 11.7. The summed E-state index contributed by atoms with van der Waals surface area (Å²) in [6.07, 6.45) is 0.365. The molecule has 0 saturated carbocycles. The van der Waals surface area contributed by atoms with E-state index in [1.807, 2.05) is 0 Å². The third kappa shape index (κ3) is 2.96. The number of H-pyrrole nitrogens is 1. The van der Waals surface area contributed by atoms with Crippen LogP contribution in [0.15, 0.2) is 35.1 Å². The highest BCUT2D eigenvalue weighted by molar-refractivity contribution is 5.96. The van der Waals surface area contributed by atoms with Crippen molar-refractivity contribution in [2.75, 3.05) is 13.2 Å². The smallest absolute Gasteiger partial charge is 0.268 e. The van der Waals surface area contributed by atoms with Crippen molar-refractivity contribution >= 4 is 16.7 Å². The number of carbonyl (C=O) groups excluding carboxylic acids is 1. The molecule has 2 rings (SSSR count). The second-order valence-electron chi connectivity index (χ2n) is 5.00. The van der Waals surface area contributed by atoms with Crippen molar-refractivity contribution < 1.29 is 15.0 Å². The normalized spacial score (nSPS) is 11.6. The number of hydrogen-bond donors (Lipinski definition) is 4. The van der Waals surface area contributed by atoms with Crippen LogP contribution in [0.1, 0.15) is 23.8 Å². The Bertz CT molecular complexity index is 696. The molecule has 2 aromatic rings. The second kappa shape index (κ2) is 6.07. The van der Waals surface area contributed by atoms with Crippen LogP contribution in [0.25, 0.3) is 10.8 Å². The fourth-order valence-corrected chi connectivity index (χ4v) is 2.08. The lowest BCUT2D eigenvalue weighted by Gasteiger charge is -2.29. The number of aliphatic hydroxyl groups is 2.